The van der Waals surface area contributed by atoms with Crippen LogP contribution in [0.15, 0.2) is 30.7 Å². The van der Waals surface area contributed by atoms with E-state index in [0.717, 1.165) is 45.0 Å². The summed E-state index contributed by atoms with van der Waals surface area (Å²) in [6.45, 7) is 3.22. The first-order valence-corrected chi connectivity index (χ1v) is 7.67. The number of nitrogens with one attached hydrogen (secondary N) is 1. The van der Waals surface area contributed by atoms with E-state index >= 15 is 0 Å². The van der Waals surface area contributed by atoms with Crippen molar-refractivity contribution in [2.75, 3.05) is 37.0 Å². The summed E-state index contributed by atoms with van der Waals surface area (Å²) in [7, 11) is 1.99. The van der Waals surface area contributed by atoms with Gasteiger partial charge in [0.05, 0.1) is 19.2 Å². The summed E-state index contributed by atoms with van der Waals surface area (Å²) in [5, 5.41) is 7.63. The molecule has 7 nitrogen and oxygen atoms in total. The molecule has 0 spiro atoms. The third-order valence-corrected chi connectivity index (χ3v) is 3.72. The van der Waals surface area contributed by atoms with Gasteiger partial charge in [0, 0.05) is 38.8 Å². The number of ether oxygens (including phenoxy) is 1. The SMILES string of the molecule is CN(CCn1cccn1)c1nccc(N[C@H]2CCCOC2)n1. The van der Waals surface area contributed by atoms with E-state index in [1.165, 1.54) is 0 Å². The van der Waals surface area contributed by atoms with Crippen molar-refractivity contribution < 1.29 is 4.74 Å². The molecule has 0 unspecified atom stereocenters. The topological polar surface area (TPSA) is 68.1 Å². The molecule has 0 bridgehead atoms. The van der Waals surface area contributed by atoms with Gasteiger partial charge in [0.1, 0.15) is 5.82 Å². The Bertz CT molecular complexity index is 567. The molecular weight excluding hydrogens is 280 g/mol. The van der Waals surface area contributed by atoms with Crippen molar-refractivity contribution in [3.63, 3.8) is 0 Å². The Hall–Kier alpha value is -2.15. The second-order valence-corrected chi connectivity index (χ2v) is 5.49. The summed E-state index contributed by atoms with van der Waals surface area (Å²) in [4.78, 5) is 11.0. The van der Waals surface area contributed by atoms with Crippen molar-refractivity contribution >= 4 is 11.8 Å². The van der Waals surface area contributed by atoms with Gasteiger partial charge in [0.2, 0.25) is 5.95 Å². The quantitative estimate of drug-likeness (QED) is 0.870. The van der Waals surface area contributed by atoms with Crippen molar-refractivity contribution in [3.05, 3.63) is 30.7 Å². The van der Waals surface area contributed by atoms with Gasteiger partial charge in [-0.3, -0.25) is 4.68 Å². The standard InChI is InChI=1S/C15H22N6O/c1-20(9-10-21-8-3-6-17-21)15-16-7-5-14(19-15)18-13-4-2-11-22-12-13/h3,5-8,13H,2,4,9-12H2,1H3,(H,16,18,19)/t13-/m0/s1. The van der Waals surface area contributed by atoms with Gasteiger partial charge in [-0.15, -0.1) is 0 Å². The molecule has 0 amide bonds. The van der Waals surface area contributed by atoms with Gasteiger partial charge >= 0.3 is 0 Å². The van der Waals surface area contributed by atoms with Crippen LogP contribution >= 0.6 is 0 Å². The Kier molecular flexibility index (Phi) is 4.85. The highest BCUT2D eigenvalue weighted by molar-refractivity contribution is 5.41. The minimum atomic E-state index is 0.339. The van der Waals surface area contributed by atoms with E-state index < -0.39 is 0 Å². The van der Waals surface area contributed by atoms with E-state index in [4.69, 9.17) is 4.74 Å². The van der Waals surface area contributed by atoms with E-state index in [-0.39, 0.29) is 0 Å². The highest BCUT2D eigenvalue weighted by Crippen LogP contribution is 2.14. The lowest BCUT2D eigenvalue weighted by molar-refractivity contribution is 0.0875. The molecule has 1 aliphatic heterocycles. The molecule has 0 radical (unpaired) electrons. The van der Waals surface area contributed by atoms with Crippen LogP contribution in [0.3, 0.4) is 0 Å². The van der Waals surface area contributed by atoms with Crippen LogP contribution in [-0.4, -0.2) is 52.6 Å². The Balaban J connectivity index is 1.57. The first kappa shape index (κ1) is 14.8. The molecule has 3 heterocycles. The van der Waals surface area contributed by atoms with Crippen LogP contribution in [-0.2, 0) is 11.3 Å². The predicted molar refractivity (Wildman–Crippen MR) is 85.0 cm³/mol. The van der Waals surface area contributed by atoms with Crippen molar-refractivity contribution in [3.8, 4) is 0 Å². The smallest absolute Gasteiger partial charge is 0.227 e. The van der Waals surface area contributed by atoms with Crippen molar-refractivity contribution in [1.82, 2.24) is 19.7 Å². The van der Waals surface area contributed by atoms with Gasteiger partial charge in [0.25, 0.3) is 0 Å². The zero-order valence-corrected chi connectivity index (χ0v) is 12.9. The zero-order valence-electron chi connectivity index (χ0n) is 12.9. The summed E-state index contributed by atoms with van der Waals surface area (Å²) >= 11 is 0. The van der Waals surface area contributed by atoms with Crippen LogP contribution < -0.4 is 10.2 Å². The number of nitrogens with zero attached hydrogens (tertiary/aromatic N) is 5. The molecule has 22 heavy (non-hydrogen) atoms. The summed E-state index contributed by atoms with van der Waals surface area (Å²) in [5.74, 6) is 1.57. The molecule has 1 saturated heterocycles. The van der Waals surface area contributed by atoms with Gasteiger partial charge < -0.3 is 15.0 Å². The van der Waals surface area contributed by atoms with Gasteiger partial charge in [-0.25, -0.2) is 4.98 Å². The van der Waals surface area contributed by atoms with Crippen molar-refractivity contribution in [1.29, 1.82) is 0 Å². The third kappa shape index (κ3) is 3.94. The molecule has 118 valence electrons. The van der Waals surface area contributed by atoms with Crippen molar-refractivity contribution in [2.24, 2.45) is 0 Å². The lowest BCUT2D eigenvalue weighted by Gasteiger charge is -2.24. The van der Waals surface area contributed by atoms with Gasteiger partial charge in [0.15, 0.2) is 0 Å². The minimum absolute atomic E-state index is 0.339. The maximum atomic E-state index is 5.49. The van der Waals surface area contributed by atoms with Crippen LogP contribution in [0.5, 0.6) is 0 Å². The predicted octanol–water partition coefficient (Wildman–Crippen LogP) is 1.40. The largest absolute Gasteiger partial charge is 0.379 e. The van der Waals surface area contributed by atoms with Gasteiger partial charge in [-0.2, -0.15) is 10.1 Å². The number of hydrogen-bond acceptors (Lipinski definition) is 6. The maximum Gasteiger partial charge on any atom is 0.227 e. The fourth-order valence-electron chi connectivity index (χ4n) is 2.46. The van der Waals surface area contributed by atoms with Crippen LogP contribution in [0.4, 0.5) is 11.8 Å². The first-order valence-electron chi connectivity index (χ1n) is 7.67. The van der Waals surface area contributed by atoms with E-state index in [1.54, 1.807) is 12.4 Å². The van der Waals surface area contributed by atoms with Crippen LogP contribution in [0.1, 0.15) is 12.8 Å². The number of anilines is 2. The fraction of sp³-hybridized carbons (Fsp3) is 0.533. The summed E-state index contributed by atoms with van der Waals surface area (Å²) in [6, 6.07) is 4.16. The molecule has 2 aromatic heterocycles. The molecular formula is C15H22N6O. The number of aromatic nitrogens is 4. The monoisotopic (exact) mass is 302 g/mol. The Morgan fingerprint density at radius 1 is 1.45 bits per heavy atom. The molecule has 1 atom stereocenters. The van der Waals surface area contributed by atoms with E-state index in [0.29, 0.717) is 12.0 Å². The molecule has 3 rings (SSSR count). The van der Waals surface area contributed by atoms with Crippen molar-refractivity contribution in [2.45, 2.75) is 25.4 Å². The summed E-state index contributed by atoms with van der Waals surface area (Å²) in [6.07, 6.45) is 7.75. The Morgan fingerprint density at radius 2 is 2.41 bits per heavy atom. The van der Waals surface area contributed by atoms with Crippen LogP contribution in [0.25, 0.3) is 0 Å². The van der Waals surface area contributed by atoms with E-state index in [1.807, 2.05) is 35.0 Å². The zero-order chi connectivity index (χ0) is 15.2. The Morgan fingerprint density at radius 3 is 3.18 bits per heavy atom. The Labute approximate surface area is 130 Å². The van der Waals surface area contributed by atoms with Gasteiger partial charge in [-0.05, 0) is 25.0 Å². The highest BCUT2D eigenvalue weighted by atomic mass is 16.5. The average molecular weight is 302 g/mol. The summed E-state index contributed by atoms with van der Waals surface area (Å²) < 4.78 is 7.39. The minimum Gasteiger partial charge on any atom is -0.379 e. The number of hydrogen-bond donors (Lipinski definition) is 1. The maximum absolute atomic E-state index is 5.49. The number of rotatable bonds is 6. The summed E-state index contributed by atoms with van der Waals surface area (Å²) in [5.41, 5.74) is 0. The van der Waals surface area contributed by atoms with Crippen LogP contribution in [0.2, 0.25) is 0 Å². The molecule has 1 fully saturated rings. The molecule has 0 aliphatic carbocycles. The second-order valence-electron chi connectivity index (χ2n) is 5.49. The molecule has 0 saturated carbocycles. The molecule has 1 N–H and O–H groups in total. The lowest BCUT2D eigenvalue weighted by atomic mass is 10.1. The number of likely N-dealkylation sites (N-methyl/N-ethyl adjacent to an activating group) is 1. The lowest BCUT2D eigenvalue weighted by Crippen LogP contribution is -2.31. The highest BCUT2D eigenvalue weighted by Gasteiger charge is 2.14. The van der Waals surface area contributed by atoms with E-state index in [2.05, 4.69) is 20.4 Å². The molecule has 7 heteroatoms. The molecule has 2 aromatic rings. The van der Waals surface area contributed by atoms with Crippen LogP contribution in [0, 0.1) is 0 Å². The van der Waals surface area contributed by atoms with Gasteiger partial charge in [-0.1, -0.05) is 0 Å². The normalized spacial score (nSPS) is 18.1. The molecule has 0 aromatic carbocycles. The fourth-order valence-corrected chi connectivity index (χ4v) is 2.46. The first-order chi connectivity index (χ1) is 10.8. The third-order valence-electron chi connectivity index (χ3n) is 3.72. The van der Waals surface area contributed by atoms with E-state index in [9.17, 15) is 0 Å². The second kappa shape index (κ2) is 7.22. The average Bonchev–Trinajstić information content (AvgIpc) is 3.07. The molecule has 1 aliphatic rings.